The van der Waals surface area contributed by atoms with Gasteiger partial charge in [-0.25, -0.2) is 0 Å². The van der Waals surface area contributed by atoms with Crippen LogP contribution in [-0.2, 0) is 0 Å². The number of rotatable bonds is 9. The third-order valence-electron chi connectivity index (χ3n) is 4.54. The molecule has 0 spiro atoms. The Morgan fingerprint density at radius 2 is 2.05 bits per heavy atom. The van der Waals surface area contributed by atoms with Crippen molar-refractivity contribution < 1.29 is 4.74 Å². The first-order valence-corrected chi connectivity index (χ1v) is 8.58. The fourth-order valence-electron chi connectivity index (χ4n) is 2.53. The summed E-state index contributed by atoms with van der Waals surface area (Å²) >= 11 is 3.48. The lowest BCUT2D eigenvalue weighted by Gasteiger charge is -2.32. The molecule has 0 atom stereocenters. The van der Waals surface area contributed by atoms with Gasteiger partial charge in [0, 0.05) is 17.1 Å². The molecule has 2 nitrogen and oxygen atoms in total. The Balaban J connectivity index is 1.81. The normalized spacial score (nSPS) is 15.3. The second-order valence-corrected chi connectivity index (χ2v) is 6.83. The molecule has 1 aromatic rings. The maximum atomic E-state index is 5.91. The summed E-state index contributed by atoms with van der Waals surface area (Å²) in [6.07, 6.45) is 6.26. The maximum absolute atomic E-state index is 5.91. The summed E-state index contributed by atoms with van der Waals surface area (Å²) in [5.74, 6) is 0.954. The molecule has 1 aliphatic rings. The van der Waals surface area contributed by atoms with Gasteiger partial charge in [-0.15, -0.1) is 0 Å². The zero-order valence-corrected chi connectivity index (χ0v) is 14.2. The second kappa shape index (κ2) is 7.46. The summed E-state index contributed by atoms with van der Waals surface area (Å²) in [6, 6.07) is 8.88. The van der Waals surface area contributed by atoms with Crippen LogP contribution in [0.2, 0.25) is 0 Å². The number of benzene rings is 1. The summed E-state index contributed by atoms with van der Waals surface area (Å²) in [7, 11) is 0. The van der Waals surface area contributed by atoms with Gasteiger partial charge in [0.1, 0.15) is 5.75 Å². The highest BCUT2D eigenvalue weighted by atomic mass is 79.9. The molecule has 112 valence electrons. The van der Waals surface area contributed by atoms with Crippen LogP contribution in [0.4, 0.5) is 0 Å². The predicted octanol–water partition coefficient (Wildman–Crippen LogP) is 4.78. The molecule has 0 amide bonds. The Hall–Kier alpha value is -0.540. The van der Waals surface area contributed by atoms with E-state index in [1.165, 1.54) is 25.7 Å². The number of hydrogen-bond donors (Lipinski definition) is 1. The minimum Gasteiger partial charge on any atom is -0.494 e. The monoisotopic (exact) mass is 339 g/mol. The van der Waals surface area contributed by atoms with Crippen molar-refractivity contribution in [3.05, 3.63) is 28.7 Å². The molecule has 1 N–H and O–H groups in total. The van der Waals surface area contributed by atoms with Crippen molar-refractivity contribution in [1.82, 2.24) is 5.32 Å². The van der Waals surface area contributed by atoms with Crippen molar-refractivity contribution in [3.8, 4) is 5.75 Å². The highest BCUT2D eigenvalue weighted by molar-refractivity contribution is 9.10. The topological polar surface area (TPSA) is 21.3 Å². The lowest BCUT2D eigenvalue weighted by molar-refractivity contribution is 0.174. The van der Waals surface area contributed by atoms with E-state index in [2.05, 4.69) is 35.1 Å². The Bertz CT molecular complexity index is 413. The van der Waals surface area contributed by atoms with Gasteiger partial charge in [0.05, 0.1) is 6.61 Å². The zero-order valence-electron chi connectivity index (χ0n) is 12.6. The lowest BCUT2D eigenvalue weighted by atomic mass is 9.79. The first kappa shape index (κ1) is 15.8. The lowest BCUT2D eigenvalue weighted by Crippen LogP contribution is -2.36. The van der Waals surface area contributed by atoms with Crippen LogP contribution in [0.15, 0.2) is 28.7 Å². The van der Waals surface area contributed by atoms with Gasteiger partial charge in [-0.1, -0.05) is 35.8 Å². The summed E-state index contributed by atoms with van der Waals surface area (Å²) in [5.41, 5.74) is 0.384. The van der Waals surface area contributed by atoms with Gasteiger partial charge >= 0.3 is 0 Å². The highest BCUT2D eigenvalue weighted by Gasteiger charge is 2.29. The second-order valence-electron chi connectivity index (χ2n) is 5.92. The summed E-state index contributed by atoms with van der Waals surface area (Å²) < 4.78 is 6.98. The Morgan fingerprint density at radius 3 is 2.65 bits per heavy atom. The zero-order chi connectivity index (χ0) is 14.4. The van der Waals surface area contributed by atoms with Gasteiger partial charge in [-0.2, -0.15) is 0 Å². The van der Waals surface area contributed by atoms with Crippen molar-refractivity contribution in [3.63, 3.8) is 0 Å². The molecule has 3 heteroatoms. The largest absolute Gasteiger partial charge is 0.494 e. The van der Waals surface area contributed by atoms with Crippen LogP contribution in [0.5, 0.6) is 5.75 Å². The molecule has 2 rings (SSSR count). The fraction of sp³-hybridized carbons (Fsp3) is 0.647. The van der Waals surface area contributed by atoms with Crippen molar-refractivity contribution in [1.29, 1.82) is 0 Å². The van der Waals surface area contributed by atoms with Gasteiger partial charge in [0.25, 0.3) is 0 Å². The van der Waals surface area contributed by atoms with Crippen molar-refractivity contribution in [2.75, 3.05) is 13.2 Å². The predicted molar refractivity (Wildman–Crippen MR) is 88.3 cm³/mol. The average molecular weight is 340 g/mol. The van der Waals surface area contributed by atoms with E-state index in [1.54, 1.807) is 0 Å². The van der Waals surface area contributed by atoms with E-state index >= 15 is 0 Å². The van der Waals surface area contributed by atoms with Crippen LogP contribution in [0, 0.1) is 5.41 Å². The van der Waals surface area contributed by atoms with Gasteiger partial charge in [-0.05, 0) is 55.7 Å². The van der Waals surface area contributed by atoms with Crippen molar-refractivity contribution in [2.45, 2.75) is 52.0 Å². The average Bonchev–Trinajstić information content (AvgIpc) is 3.27. The molecule has 0 aliphatic heterocycles. The number of nitrogens with one attached hydrogen (secondary N) is 1. The minimum atomic E-state index is 0.384. The van der Waals surface area contributed by atoms with Crippen LogP contribution in [0.1, 0.15) is 46.0 Å². The molecule has 1 fully saturated rings. The van der Waals surface area contributed by atoms with Crippen LogP contribution in [-0.4, -0.2) is 19.2 Å². The van der Waals surface area contributed by atoms with E-state index in [9.17, 15) is 0 Å². The minimum absolute atomic E-state index is 0.384. The molecule has 0 heterocycles. The molecule has 0 radical (unpaired) electrons. The summed E-state index contributed by atoms with van der Waals surface area (Å²) in [4.78, 5) is 0. The van der Waals surface area contributed by atoms with Gasteiger partial charge in [0.2, 0.25) is 0 Å². The fourth-order valence-corrected chi connectivity index (χ4v) is 2.91. The first-order valence-electron chi connectivity index (χ1n) is 7.79. The maximum Gasteiger partial charge on any atom is 0.120 e. The number of ether oxygens (including phenoxy) is 1. The van der Waals surface area contributed by atoms with Crippen LogP contribution >= 0.6 is 15.9 Å². The smallest absolute Gasteiger partial charge is 0.120 e. The Labute approximate surface area is 131 Å². The Morgan fingerprint density at radius 1 is 1.30 bits per heavy atom. The molecule has 0 saturated heterocycles. The third-order valence-corrected chi connectivity index (χ3v) is 5.03. The Kier molecular flexibility index (Phi) is 5.91. The highest BCUT2D eigenvalue weighted by Crippen LogP contribution is 2.32. The van der Waals surface area contributed by atoms with E-state index in [4.69, 9.17) is 4.74 Å². The summed E-state index contributed by atoms with van der Waals surface area (Å²) in [5, 5.41) is 3.69. The molecule has 0 bridgehead atoms. The SMILES string of the molecule is CCC(CC)(CCOc1cccc(Br)c1)CNC1CC1. The van der Waals surface area contributed by atoms with Gasteiger partial charge < -0.3 is 10.1 Å². The molecular weight excluding hydrogens is 314 g/mol. The van der Waals surface area contributed by atoms with Gasteiger partial charge in [0.15, 0.2) is 0 Å². The quantitative estimate of drug-likeness (QED) is 0.699. The van der Waals surface area contributed by atoms with E-state index < -0.39 is 0 Å². The molecule has 0 unspecified atom stereocenters. The van der Waals surface area contributed by atoms with Crippen molar-refractivity contribution >= 4 is 15.9 Å². The molecule has 1 saturated carbocycles. The van der Waals surface area contributed by atoms with E-state index in [0.717, 1.165) is 35.8 Å². The van der Waals surface area contributed by atoms with Crippen LogP contribution in [0.3, 0.4) is 0 Å². The molecule has 20 heavy (non-hydrogen) atoms. The molecule has 1 aliphatic carbocycles. The van der Waals surface area contributed by atoms with E-state index in [1.807, 2.05) is 24.3 Å². The summed E-state index contributed by atoms with van der Waals surface area (Å²) in [6.45, 7) is 6.53. The number of hydrogen-bond acceptors (Lipinski definition) is 2. The van der Waals surface area contributed by atoms with Crippen LogP contribution < -0.4 is 10.1 Å². The van der Waals surface area contributed by atoms with E-state index in [-0.39, 0.29) is 0 Å². The third kappa shape index (κ3) is 4.78. The van der Waals surface area contributed by atoms with Crippen molar-refractivity contribution in [2.24, 2.45) is 5.41 Å². The number of halogens is 1. The first-order chi connectivity index (χ1) is 9.67. The molecular formula is C17H26BrNO. The van der Waals surface area contributed by atoms with Crippen LogP contribution in [0.25, 0.3) is 0 Å². The van der Waals surface area contributed by atoms with E-state index in [0.29, 0.717) is 5.41 Å². The standard InChI is InChI=1S/C17H26BrNO/c1-3-17(4-2,13-19-15-8-9-15)10-11-20-16-7-5-6-14(18)12-16/h5-7,12,15,19H,3-4,8-11,13H2,1-2H3. The molecule has 1 aromatic carbocycles. The molecule has 0 aromatic heterocycles. The van der Waals surface area contributed by atoms with Gasteiger partial charge in [-0.3, -0.25) is 0 Å².